The normalized spacial score (nSPS) is 18.6. The fourth-order valence-corrected chi connectivity index (χ4v) is 4.61. The summed E-state index contributed by atoms with van der Waals surface area (Å²) >= 11 is 13.4. The molecule has 0 spiro atoms. The zero-order valence-corrected chi connectivity index (χ0v) is 19.5. The number of benzene rings is 2. The number of carbonyl (C=O) groups excluding carboxylic acids is 2. The highest BCUT2D eigenvalue weighted by Gasteiger charge is 2.34. The van der Waals surface area contributed by atoms with E-state index in [1.807, 2.05) is 12.1 Å². The Morgan fingerprint density at radius 3 is 2.47 bits per heavy atom. The molecule has 0 saturated heterocycles. The fraction of sp³-hybridized carbons (Fsp3) is 0.261. The second kappa shape index (κ2) is 10.9. The number of halogens is 2. The Bertz CT molecular complexity index is 1060. The molecule has 0 saturated carbocycles. The van der Waals surface area contributed by atoms with Gasteiger partial charge < -0.3 is 15.7 Å². The summed E-state index contributed by atoms with van der Waals surface area (Å²) in [7, 11) is 0. The van der Waals surface area contributed by atoms with E-state index in [0.717, 1.165) is 4.90 Å². The van der Waals surface area contributed by atoms with Gasteiger partial charge in [-0.3, -0.25) is 14.4 Å². The van der Waals surface area contributed by atoms with E-state index in [0.29, 0.717) is 34.3 Å². The number of thioether (sulfide) groups is 1. The summed E-state index contributed by atoms with van der Waals surface area (Å²) in [5, 5.41) is 15.4. The number of amides is 2. The van der Waals surface area contributed by atoms with Crippen molar-refractivity contribution in [3.8, 4) is 0 Å². The first-order chi connectivity index (χ1) is 15.2. The van der Waals surface area contributed by atoms with E-state index in [9.17, 15) is 19.5 Å². The van der Waals surface area contributed by atoms with E-state index in [1.54, 1.807) is 49.4 Å². The Morgan fingerprint density at radius 1 is 1.03 bits per heavy atom. The van der Waals surface area contributed by atoms with Crippen molar-refractivity contribution in [2.24, 2.45) is 11.8 Å². The predicted molar refractivity (Wildman–Crippen MR) is 128 cm³/mol. The number of carboxylic acids is 1. The Morgan fingerprint density at radius 2 is 1.75 bits per heavy atom. The largest absolute Gasteiger partial charge is 0.481 e. The standard InChI is InChI=1S/C23H22Cl2N2O4S/c1-13(21(28)27-20-11-14(24)9-10-19(20)25)32-16-6-4-5-15(12-16)26-22(29)17-7-2-3-8-18(17)23(30)31/h2-6,9-13,17-18H,7-8H2,1H3,(H,26,29)(H,27,28)(H,30,31). The Hall–Kier alpha value is -2.48. The van der Waals surface area contributed by atoms with E-state index in [-0.39, 0.29) is 11.8 Å². The summed E-state index contributed by atoms with van der Waals surface area (Å²) < 4.78 is 0. The second-order valence-electron chi connectivity index (χ2n) is 7.38. The van der Waals surface area contributed by atoms with Gasteiger partial charge in [0.15, 0.2) is 0 Å². The van der Waals surface area contributed by atoms with E-state index in [1.165, 1.54) is 11.8 Å². The van der Waals surface area contributed by atoms with Crippen LogP contribution in [0, 0.1) is 11.8 Å². The van der Waals surface area contributed by atoms with Crippen LogP contribution in [0.1, 0.15) is 19.8 Å². The zero-order chi connectivity index (χ0) is 23.3. The van der Waals surface area contributed by atoms with Crippen molar-refractivity contribution in [2.75, 3.05) is 10.6 Å². The molecule has 9 heteroatoms. The lowest BCUT2D eigenvalue weighted by molar-refractivity contribution is -0.146. The number of carboxylic acid groups (broad SMARTS) is 1. The first kappa shape index (κ1) is 24.2. The summed E-state index contributed by atoms with van der Waals surface area (Å²) in [6.45, 7) is 1.76. The van der Waals surface area contributed by atoms with Crippen molar-refractivity contribution in [1.82, 2.24) is 0 Å². The fourth-order valence-electron chi connectivity index (χ4n) is 3.34. The number of hydrogen-bond donors (Lipinski definition) is 3. The van der Waals surface area contributed by atoms with Gasteiger partial charge in [-0.15, -0.1) is 11.8 Å². The molecule has 1 aliphatic carbocycles. The highest BCUT2D eigenvalue weighted by molar-refractivity contribution is 8.00. The van der Waals surface area contributed by atoms with Crippen LogP contribution in [0.15, 0.2) is 59.5 Å². The number of nitrogens with one attached hydrogen (secondary N) is 2. The molecule has 3 atom stereocenters. The van der Waals surface area contributed by atoms with Crippen LogP contribution in [0.3, 0.4) is 0 Å². The van der Waals surface area contributed by atoms with Crippen molar-refractivity contribution in [1.29, 1.82) is 0 Å². The molecule has 0 heterocycles. The number of rotatable bonds is 7. The highest BCUT2D eigenvalue weighted by atomic mass is 35.5. The van der Waals surface area contributed by atoms with E-state index >= 15 is 0 Å². The van der Waals surface area contributed by atoms with Crippen molar-refractivity contribution in [3.05, 3.63) is 64.7 Å². The quantitative estimate of drug-likeness (QED) is 0.339. The topological polar surface area (TPSA) is 95.5 Å². The molecule has 2 aromatic carbocycles. The third-order valence-corrected chi connectivity index (χ3v) is 6.71. The van der Waals surface area contributed by atoms with Gasteiger partial charge in [0.1, 0.15) is 0 Å². The van der Waals surface area contributed by atoms with E-state index in [2.05, 4.69) is 10.6 Å². The van der Waals surface area contributed by atoms with Gasteiger partial charge in [-0.05, 0) is 56.2 Å². The molecule has 2 amide bonds. The smallest absolute Gasteiger partial charge is 0.307 e. The number of anilines is 2. The lowest BCUT2D eigenvalue weighted by Gasteiger charge is -2.24. The van der Waals surface area contributed by atoms with Crippen molar-refractivity contribution >= 4 is 64.1 Å². The van der Waals surface area contributed by atoms with Crippen molar-refractivity contribution in [2.45, 2.75) is 29.9 Å². The minimum atomic E-state index is -0.974. The molecule has 3 unspecified atom stereocenters. The number of aliphatic carboxylic acids is 1. The Balaban J connectivity index is 1.63. The molecular formula is C23H22Cl2N2O4S. The summed E-state index contributed by atoms with van der Waals surface area (Å²) in [5.74, 6) is -2.91. The predicted octanol–water partition coefficient (Wildman–Crippen LogP) is 5.72. The minimum absolute atomic E-state index is 0.244. The monoisotopic (exact) mass is 492 g/mol. The zero-order valence-electron chi connectivity index (χ0n) is 17.2. The average Bonchev–Trinajstić information content (AvgIpc) is 2.76. The molecule has 3 rings (SSSR count). The molecule has 2 aromatic rings. The lowest BCUT2D eigenvalue weighted by Crippen LogP contribution is -2.34. The third-order valence-electron chi connectivity index (χ3n) is 5.06. The van der Waals surface area contributed by atoms with Gasteiger partial charge in [-0.25, -0.2) is 0 Å². The van der Waals surface area contributed by atoms with Crippen LogP contribution in [0.4, 0.5) is 11.4 Å². The minimum Gasteiger partial charge on any atom is -0.481 e. The van der Waals surface area contributed by atoms with Crippen LogP contribution in [-0.4, -0.2) is 28.1 Å². The molecule has 1 aliphatic rings. The lowest BCUT2D eigenvalue weighted by atomic mass is 9.82. The van der Waals surface area contributed by atoms with Crippen molar-refractivity contribution < 1.29 is 19.5 Å². The van der Waals surface area contributed by atoms with Gasteiger partial charge in [-0.1, -0.05) is 41.4 Å². The van der Waals surface area contributed by atoms with Crippen LogP contribution in [0.25, 0.3) is 0 Å². The molecule has 0 radical (unpaired) electrons. The van der Waals surface area contributed by atoms with Gasteiger partial charge in [0, 0.05) is 15.6 Å². The molecule has 0 aliphatic heterocycles. The first-order valence-corrected chi connectivity index (χ1v) is 11.6. The van der Waals surface area contributed by atoms with Crippen LogP contribution >= 0.6 is 35.0 Å². The summed E-state index contributed by atoms with van der Waals surface area (Å²) in [4.78, 5) is 37.5. The van der Waals surface area contributed by atoms with Crippen LogP contribution in [0.2, 0.25) is 10.0 Å². The molecule has 3 N–H and O–H groups in total. The maximum absolute atomic E-state index is 12.7. The first-order valence-electron chi connectivity index (χ1n) is 9.96. The molecule has 0 aromatic heterocycles. The van der Waals surface area contributed by atoms with Gasteiger partial charge in [0.2, 0.25) is 11.8 Å². The summed E-state index contributed by atoms with van der Waals surface area (Å²) in [5.41, 5.74) is 0.983. The van der Waals surface area contributed by atoms with Crippen LogP contribution in [-0.2, 0) is 14.4 Å². The van der Waals surface area contributed by atoms with Crippen molar-refractivity contribution in [3.63, 3.8) is 0 Å². The summed E-state index contributed by atoms with van der Waals surface area (Å²) in [6.07, 6.45) is 4.36. The van der Waals surface area contributed by atoms with Crippen LogP contribution < -0.4 is 10.6 Å². The summed E-state index contributed by atoms with van der Waals surface area (Å²) in [6, 6.07) is 11.9. The van der Waals surface area contributed by atoms with E-state index < -0.39 is 23.1 Å². The molecular weight excluding hydrogens is 471 g/mol. The Kier molecular flexibility index (Phi) is 8.23. The third kappa shape index (κ3) is 6.28. The molecule has 0 fully saturated rings. The van der Waals surface area contributed by atoms with Gasteiger partial charge in [0.05, 0.1) is 27.8 Å². The highest BCUT2D eigenvalue weighted by Crippen LogP contribution is 2.31. The second-order valence-corrected chi connectivity index (χ2v) is 9.64. The Labute approximate surface area is 200 Å². The van der Waals surface area contributed by atoms with Gasteiger partial charge in [0.25, 0.3) is 0 Å². The molecule has 6 nitrogen and oxygen atoms in total. The number of allylic oxidation sites excluding steroid dienone is 2. The van der Waals surface area contributed by atoms with Gasteiger partial charge >= 0.3 is 5.97 Å². The number of carbonyl (C=O) groups is 3. The maximum Gasteiger partial charge on any atom is 0.307 e. The number of hydrogen-bond acceptors (Lipinski definition) is 4. The van der Waals surface area contributed by atoms with E-state index in [4.69, 9.17) is 23.2 Å². The maximum atomic E-state index is 12.7. The van der Waals surface area contributed by atoms with Gasteiger partial charge in [-0.2, -0.15) is 0 Å². The van der Waals surface area contributed by atoms with Crippen LogP contribution in [0.5, 0.6) is 0 Å². The average molecular weight is 493 g/mol. The molecule has 0 bridgehead atoms. The SMILES string of the molecule is CC(Sc1cccc(NC(=O)C2CC=CCC2C(=O)O)c1)C(=O)Nc1cc(Cl)ccc1Cl. The molecule has 168 valence electrons. The molecule has 32 heavy (non-hydrogen) atoms.